The lowest BCUT2D eigenvalue weighted by atomic mass is 9.96. The van der Waals surface area contributed by atoms with Gasteiger partial charge < -0.3 is 9.32 Å². The van der Waals surface area contributed by atoms with Crippen molar-refractivity contribution in [3.8, 4) is 33.4 Å². The van der Waals surface area contributed by atoms with Crippen LogP contribution < -0.4 is 4.90 Å². The van der Waals surface area contributed by atoms with Crippen molar-refractivity contribution in [1.29, 1.82) is 0 Å². The molecule has 0 fully saturated rings. The molecule has 8 aromatic carbocycles. The van der Waals surface area contributed by atoms with Crippen molar-refractivity contribution in [2.75, 3.05) is 4.90 Å². The third kappa shape index (κ3) is 4.74. The Morgan fingerprint density at radius 2 is 0.896 bits per heavy atom. The van der Waals surface area contributed by atoms with Gasteiger partial charge >= 0.3 is 0 Å². The second-order valence-electron chi connectivity index (χ2n) is 12.1. The molecule has 0 atom stereocenters. The van der Waals surface area contributed by atoms with E-state index in [0.29, 0.717) is 0 Å². The monoisotopic (exact) mass is 613 g/mol. The third-order valence-corrected chi connectivity index (χ3v) is 9.27. The Bertz CT molecular complexity index is 2530. The molecule has 0 spiro atoms. The number of para-hydroxylation sites is 1. The van der Waals surface area contributed by atoms with Crippen molar-refractivity contribution in [3.05, 3.63) is 188 Å². The van der Waals surface area contributed by atoms with Gasteiger partial charge in [-0.2, -0.15) is 0 Å². The van der Waals surface area contributed by atoms with E-state index in [1.165, 1.54) is 22.3 Å². The quantitative estimate of drug-likeness (QED) is 0.185. The zero-order chi connectivity index (χ0) is 31.9. The SMILES string of the molecule is c1ccc(-c2ccc(N(c3ccccc3-c3ccccc3)c3cc4c(oc5cccc(-c6ccccc6)c54)c4ccccc34)cc2)cc1. The van der Waals surface area contributed by atoms with Gasteiger partial charge in [0.25, 0.3) is 0 Å². The minimum Gasteiger partial charge on any atom is -0.455 e. The molecule has 0 saturated heterocycles. The van der Waals surface area contributed by atoms with E-state index in [4.69, 9.17) is 4.42 Å². The van der Waals surface area contributed by atoms with Gasteiger partial charge in [-0.3, -0.25) is 0 Å². The van der Waals surface area contributed by atoms with Crippen LogP contribution in [-0.2, 0) is 0 Å². The molecule has 2 nitrogen and oxygen atoms in total. The Morgan fingerprint density at radius 3 is 1.60 bits per heavy atom. The lowest BCUT2D eigenvalue weighted by molar-refractivity contribution is 0.673. The van der Waals surface area contributed by atoms with Crippen LogP contribution in [0.15, 0.2) is 192 Å². The fourth-order valence-electron chi connectivity index (χ4n) is 7.04. The molecule has 0 radical (unpaired) electrons. The lowest BCUT2D eigenvalue weighted by Crippen LogP contribution is -2.12. The predicted molar refractivity (Wildman–Crippen MR) is 202 cm³/mol. The summed E-state index contributed by atoms with van der Waals surface area (Å²) in [7, 11) is 0. The molecule has 48 heavy (non-hydrogen) atoms. The summed E-state index contributed by atoms with van der Waals surface area (Å²) in [6.07, 6.45) is 0. The highest BCUT2D eigenvalue weighted by molar-refractivity contribution is 6.22. The van der Waals surface area contributed by atoms with E-state index in [0.717, 1.165) is 60.9 Å². The van der Waals surface area contributed by atoms with Gasteiger partial charge in [0.05, 0.1) is 11.4 Å². The first-order valence-electron chi connectivity index (χ1n) is 16.4. The topological polar surface area (TPSA) is 16.4 Å². The Hall–Kier alpha value is -6.38. The summed E-state index contributed by atoms with van der Waals surface area (Å²) < 4.78 is 6.71. The van der Waals surface area contributed by atoms with E-state index >= 15 is 0 Å². The molecular weight excluding hydrogens is 583 g/mol. The molecule has 9 rings (SSSR count). The number of hydrogen-bond donors (Lipinski definition) is 0. The van der Waals surface area contributed by atoms with Crippen LogP contribution in [0.4, 0.5) is 17.1 Å². The maximum absolute atomic E-state index is 6.71. The van der Waals surface area contributed by atoms with Gasteiger partial charge in [-0.05, 0) is 58.1 Å². The zero-order valence-corrected chi connectivity index (χ0v) is 26.3. The molecule has 1 aromatic heterocycles. The number of rotatable bonds is 6. The van der Waals surface area contributed by atoms with Gasteiger partial charge in [0, 0.05) is 32.8 Å². The van der Waals surface area contributed by atoms with E-state index in [1.54, 1.807) is 0 Å². The summed E-state index contributed by atoms with van der Waals surface area (Å²) in [6, 6.07) is 66.8. The normalized spacial score (nSPS) is 11.3. The maximum Gasteiger partial charge on any atom is 0.143 e. The van der Waals surface area contributed by atoms with Crippen molar-refractivity contribution >= 4 is 49.8 Å². The molecule has 0 amide bonds. The van der Waals surface area contributed by atoms with Crippen LogP contribution in [0.25, 0.3) is 66.1 Å². The van der Waals surface area contributed by atoms with E-state index < -0.39 is 0 Å². The Balaban J connectivity index is 1.36. The van der Waals surface area contributed by atoms with Gasteiger partial charge in [0.15, 0.2) is 0 Å². The smallest absolute Gasteiger partial charge is 0.143 e. The summed E-state index contributed by atoms with van der Waals surface area (Å²) >= 11 is 0. The summed E-state index contributed by atoms with van der Waals surface area (Å²) in [6.45, 7) is 0. The van der Waals surface area contributed by atoms with Crippen LogP contribution in [-0.4, -0.2) is 0 Å². The van der Waals surface area contributed by atoms with Crippen molar-refractivity contribution in [1.82, 2.24) is 0 Å². The van der Waals surface area contributed by atoms with Crippen LogP contribution >= 0.6 is 0 Å². The molecule has 1 heterocycles. The van der Waals surface area contributed by atoms with Crippen LogP contribution in [0.1, 0.15) is 0 Å². The average Bonchev–Trinajstić information content (AvgIpc) is 3.56. The standard InChI is InChI=1S/C46H31NO/c1-4-15-32(16-5-1)33-27-29-36(30-28-33)47(42-25-13-12-21-37(42)34-17-6-2-7-18-34)43-31-41-45-38(35-19-8-3-9-20-35)24-14-26-44(45)48-46(41)40-23-11-10-22-39(40)43/h1-31H. The molecule has 0 bridgehead atoms. The van der Waals surface area contributed by atoms with Crippen molar-refractivity contribution < 1.29 is 4.42 Å². The highest BCUT2D eigenvalue weighted by Crippen LogP contribution is 2.48. The van der Waals surface area contributed by atoms with Crippen LogP contribution in [0.5, 0.6) is 0 Å². The van der Waals surface area contributed by atoms with E-state index in [9.17, 15) is 0 Å². The number of fused-ring (bicyclic) bond motifs is 5. The van der Waals surface area contributed by atoms with Gasteiger partial charge in [-0.1, -0.05) is 158 Å². The van der Waals surface area contributed by atoms with Gasteiger partial charge in [-0.15, -0.1) is 0 Å². The molecule has 0 N–H and O–H groups in total. The molecular formula is C46H31NO. The number of nitrogens with zero attached hydrogens (tertiary/aromatic N) is 1. The maximum atomic E-state index is 6.71. The minimum absolute atomic E-state index is 0.886. The molecule has 0 saturated carbocycles. The molecule has 0 unspecified atom stereocenters. The molecule has 0 aliphatic heterocycles. The van der Waals surface area contributed by atoms with E-state index in [-0.39, 0.29) is 0 Å². The van der Waals surface area contributed by atoms with Crippen LogP contribution in [0.3, 0.4) is 0 Å². The zero-order valence-electron chi connectivity index (χ0n) is 26.3. The highest BCUT2D eigenvalue weighted by Gasteiger charge is 2.23. The summed E-state index contributed by atoms with van der Waals surface area (Å²) in [5.41, 5.74) is 12.1. The van der Waals surface area contributed by atoms with Crippen molar-refractivity contribution in [3.63, 3.8) is 0 Å². The summed E-state index contributed by atoms with van der Waals surface area (Å²) in [5.74, 6) is 0. The Labute approximate surface area is 279 Å². The molecule has 9 aromatic rings. The van der Waals surface area contributed by atoms with Crippen molar-refractivity contribution in [2.45, 2.75) is 0 Å². The first-order valence-corrected chi connectivity index (χ1v) is 16.4. The lowest BCUT2D eigenvalue weighted by Gasteiger charge is -2.29. The number of furan rings is 1. The largest absolute Gasteiger partial charge is 0.455 e. The second-order valence-corrected chi connectivity index (χ2v) is 12.1. The number of hydrogen-bond acceptors (Lipinski definition) is 2. The first kappa shape index (κ1) is 27.9. The predicted octanol–water partition coefficient (Wildman–Crippen LogP) is 13.2. The molecule has 2 heteroatoms. The first-order chi connectivity index (χ1) is 23.8. The van der Waals surface area contributed by atoms with Gasteiger partial charge in [0.2, 0.25) is 0 Å². The molecule has 226 valence electrons. The van der Waals surface area contributed by atoms with Crippen molar-refractivity contribution in [2.24, 2.45) is 0 Å². The number of benzene rings is 8. The fourth-order valence-corrected chi connectivity index (χ4v) is 7.04. The summed E-state index contributed by atoms with van der Waals surface area (Å²) in [5, 5.41) is 4.44. The minimum atomic E-state index is 0.886. The Kier molecular flexibility index (Phi) is 6.84. The van der Waals surface area contributed by atoms with Gasteiger partial charge in [-0.25, -0.2) is 0 Å². The average molecular weight is 614 g/mol. The van der Waals surface area contributed by atoms with E-state index in [1.807, 2.05) is 0 Å². The Morgan fingerprint density at radius 1 is 0.354 bits per heavy atom. The van der Waals surface area contributed by atoms with Gasteiger partial charge in [0.1, 0.15) is 11.2 Å². The fraction of sp³-hybridized carbons (Fsp3) is 0. The third-order valence-electron chi connectivity index (χ3n) is 9.27. The van der Waals surface area contributed by atoms with Crippen LogP contribution in [0.2, 0.25) is 0 Å². The number of anilines is 3. The second kappa shape index (κ2) is 11.8. The molecule has 0 aliphatic rings. The van der Waals surface area contributed by atoms with Crippen LogP contribution in [0, 0.1) is 0 Å². The molecule has 0 aliphatic carbocycles. The highest BCUT2D eigenvalue weighted by atomic mass is 16.3. The summed E-state index contributed by atoms with van der Waals surface area (Å²) in [4.78, 5) is 2.42. The van der Waals surface area contributed by atoms with E-state index in [2.05, 4.69) is 193 Å².